The van der Waals surface area contributed by atoms with E-state index in [1.54, 1.807) is 12.1 Å². The van der Waals surface area contributed by atoms with Crippen molar-refractivity contribution in [2.75, 3.05) is 6.54 Å². The highest BCUT2D eigenvalue weighted by molar-refractivity contribution is 6.87. The minimum atomic E-state index is -2.04. The van der Waals surface area contributed by atoms with Crippen LogP contribution in [0.4, 0.5) is 0 Å². The Morgan fingerprint density at radius 3 is 1.71 bits per heavy atom. The Bertz CT molecular complexity index is 739. The highest BCUT2D eigenvalue weighted by Crippen LogP contribution is 2.25. The topological polar surface area (TPSA) is 55.8 Å². The Morgan fingerprint density at radius 1 is 0.710 bits per heavy atom. The predicted octanol–water partition coefficient (Wildman–Crippen LogP) is 6.40. The van der Waals surface area contributed by atoms with Gasteiger partial charge in [0, 0.05) is 6.54 Å². The van der Waals surface area contributed by atoms with Crippen LogP contribution in [0, 0.1) is 0 Å². The molecule has 0 unspecified atom stereocenters. The van der Waals surface area contributed by atoms with Crippen LogP contribution < -0.4 is 0 Å². The molecule has 2 amide bonds. The van der Waals surface area contributed by atoms with E-state index in [2.05, 4.69) is 45.8 Å². The minimum Gasteiger partial charge on any atom is -0.437 e. The third kappa shape index (κ3) is 8.42. The van der Waals surface area contributed by atoms with Gasteiger partial charge >= 0.3 is 8.56 Å². The lowest BCUT2D eigenvalue weighted by Gasteiger charge is -2.37. The van der Waals surface area contributed by atoms with Gasteiger partial charge in [0.1, 0.15) is 0 Å². The monoisotopic (exact) mass is 479 g/mol. The molecule has 1 heterocycles. The lowest BCUT2D eigenvalue weighted by Crippen LogP contribution is -2.51. The Labute approximate surface area is 192 Å². The summed E-state index contributed by atoms with van der Waals surface area (Å²) in [5, 5.41) is 0. The van der Waals surface area contributed by atoms with Crippen molar-refractivity contribution >= 4 is 37.0 Å². The zero-order valence-electron chi connectivity index (χ0n) is 20.5. The van der Waals surface area contributed by atoms with Crippen molar-refractivity contribution in [2.45, 2.75) is 90.4 Å². The van der Waals surface area contributed by atoms with Gasteiger partial charge in [0.25, 0.3) is 11.8 Å². The molecule has 1 aliphatic heterocycles. The van der Waals surface area contributed by atoms with Crippen molar-refractivity contribution in [2.24, 2.45) is 0 Å². The molecule has 8 heteroatoms. The predicted molar refractivity (Wildman–Crippen MR) is 135 cm³/mol. The fraction of sp³-hybridized carbons (Fsp3) is 0.652. The van der Waals surface area contributed by atoms with Crippen molar-refractivity contribution in [3.8, 4) is 0 Å². The zero-order valence-corrected chi connectivity index (χ0v) is 23.5. The van der Waals surface area contributed by atoms with Crippen molar-refractivity contribution in [3.63, 3.8) is 0 Å². The highest BCUT2D eigenvalue weighted by Gasteiger charge is 2.37. The van der Waals surface area contributed by atoms with E-state index in [0.29, 0.717) is 17.7 Å². The van der Waals surface area contributed by atoms with Crippen LogP contribution in [0.3, 0.4) is 0 Å². The SMILES string of the molecule is C[Si](C)(C)O[Si](C)(C)O[Si](C)(C)CCCCCCCCN1C(=O)c2ccccc2C1=O. The van der Waals surface area contributed by atoms with E-state index in [0.717, 1.165) is 19.3 Å². The lowest BCUT2D eigenvalue weighted by atomic mass is 10.1. The van der Waals surface area contributed by atoms with Crippen LogP contribution in [0.5, 0.6) is 0 Å². The largest absolute Gasteiger partial charge is 0.437 e. The molecule has 1 aromatic rings. The number of carbonyl (C=O) groups excluding carboxylic acids is 2. The number of imide groups is 1. The van der Waals surface area contributed by atoms with Crippen molar-refractivity contribution in [1.29, 1.82) is 0 Å². The summed E-state index contributed by atoms with van der Waals surface area (Å²) in [5.41, 5.74) is 1.09. The van der Waals surface area contributed by atoms with Gasteiger partial charge < -0.3 is 8.23 Å². The second-order valence-corrected chi connectivity index (χ2v) is 23.3. The molecule has 0 aliphatic carbocycles. The van der Waals surface area contributed by atoms with Gasteiger partial charge in [0.2, 0.25) is 0 Å². The van der Waals surface area contributed by atoms with E-state index < -0.39 is 25.2 Å². The van der Waals surface area contributed by atoms with Gasteiger partial charge in [-0.3, -0.25) is 14.5 Å². The summed E-state index contributed by atoms with van der Waals surface area (Å²) in [6.07, 6.45) is 6.68. The molecule has 0 radical (unpaired) electrons. The van der Waals surface area contributed by atoms with E-state index in [-0.39, 0.29) is 11.8 Å². The molecule has 5 nitrogen and oxygen atoms in total. The molecule has 0 N–H and O–H groups in total. The number of benzene rings is 1. The van der Waals surface area contributed by atoms with E-state index in [4.69, 9.17) is 8.23 Å². The Morgan fingerprint density at radius 2 is 1.19 bits per heavy atom. The molecular weight excluding hydrogens is 439 g/mol. The molecule has 0 fully saturated rings. The normalized spacial score (nSPS) is 15.0. The van der Waals surface area contributed by atoms with E-state index in [9.17, 15) is 9.59 Å². The molecular formula is C23H41NO4Si3. The highest BCUT2D eigenvalue weighted by atomic mass is 28.5. The third-order valence-electron chi connectivity index (χ3n) is 5.36. The summed E-state index contributed by atoms with van der Waals surface area (Å²) in [6.45, 7) is 16.2. The van der Waals surface area contributed by atoms with E-state index in [1.807, 2.05) is 12.1 Å². The molecule has 0 atom stereocenters. The number of hydrogen-bond acceptors (Lipinski definition) is 4. The zero-order chi connectivity index (χ0) is 23.3. The van der Waals surface area contributed by atoms with Crippen LogP contribution in [0.2, 0.25) is 51.9 Å². The van der Waals surface area contributed by atoms with Crippen LogP contribution >= 0.6 is 0 Å². The molecule has 1 aliphatic rings. The average molecular weight is 480 g/mol. The molecule has 0 saturated carbocycles. The van der Waals surface area contributed by atoms with Gasteiger partial charge in [-0.1, -0.05) is 44.2 Å². The molecule has 31 heavy (non-hydrogen) atoms. The quantitative estimate of drug-likeness (QED) is 0.187. The van der Waals surface area contributed by atoms with Crippen LogP contribution in [0.15, 0.2) is 24.3 Å². The summed E-state index contributed by atoms with van der Waals surface area (Å²) in [6, 6.07) is 8.28. The number of nitrogens with zero attached hydrogens (tertiary/aromatic N) is 1. The van der Waals surface area contributed by atoms with Gasteiger partial charge in [0.15, 0.2) is 16.6 Å². The van der Waals surface area contributed by atoms with Gasteiger partial charge in [-0.25, -0.2) is 0 Å². The second-order valence-electron chi connectivity index (χ2n) is 10.7. The summed E-state index contributed by atoms with van der Waals surface area (Å²) in [5.74, 6) is -0.283. The molecule has 1 aromatic carbocycles. The molecule has 0 bridgehead atoms. The first-order valence-electron chi connectivity index (χ1n) is 11.7. The number of rotatable bonds is 13. The third-order valence-corrected chi connectivity index (χ3v) is 15.5. The average Bonchev–Trinajstić information content (AvgIpc) is 2.85. The number of fused-ring (bicyclic) bond motifs is 1. The summed E-state index contributed by atoms with van der Waals surface area (Å²) >= 11 is 0. The Balaban J connectivity index is 1.60. The summed E-state index contributed by atoms with van der Waals surface area (Å²) in [4.78, 5) is 26.2. The number of carbonyl (C=O) groups is 2. The first kappa shape index (κ1) is 26.2. The minimum absolute atomic E-state index is 0.141. The van der Waals surface area contributed by atoms with Crippen molar-refractivity contribution in [1.82, 2.24) is 4.90 Å². The lowest BCUT2D eigenvalue weighted by molar-refractivity contribution is 0.0651. The van der Waals surface area contributed by atoms with Crippen LogP contribution in [-0.2, 0) is 8.23 Å². The fourth-order valence-electron chi connectivity index (χ4n) is 4.44. The van der Waals surface area contributed by atoms with Crippen molar-refractivity contribution < 1.29 is 17.8 Å². The molecule has 174 valence electrons. The fourth-order valence-corrected chi connectivity index (χ4v) is 17.7. The first-order valence-corrected chi connectivity index (χ1v) is 21.0. The Hall–Kier alpha value is -1.07. The van der Waals surface area contributed by atoms with Crippen LogP contribution in [0.25, 0.3) is 0 Å². The summed E-state index contributed by atoms with van der Waals surface area (Å²) < 4.78 is 12.9. The van der Waals surface area contributed by atoms with E-state index in [1.165, 1.54) is 30.2 Å². The first-order chi connectivity index (χ1) is 14.3. The van der Waals surface area contributed by atoms with Crippen LogP contribution in [-0.4, -0.2) is 48.5 Å². The van der Waals surface area contributed by atoms with Gasteiger partial charge in [0.05, 0.1) is 11.1 Å². The van der Waals surface area contributed by atoms with E-state index >= 15 is 0 Å². The number of unbranched alkanes of at least 4 members (excludes halogenated alkanes) is 5. The van der Waals surface area contributed by atoms with Gasteiger partial charge in [-0.2, -0.15) is 0 Å². The Kier molecular flexibility index (Phi) is 9.04. The van der Waals surface area contributed by atoms with Crippen LogP contribution in [0.1, 0.15) is 59.2 Å². The van der Waals surface area contributed by atoms with Crippen molar-refractivity contribution in [3.05, 3.63) is 35.4 Å². The molecule has 0 saturated heterocycles. The number of hydrogen-bond donors (Lipinski definition) is 0. The maximum Gasteiger partial charge on any atom is 0.311 e. The maximum absolute atomic E-state index is 12.4. The standard InChI is InChI=1S/C23H41NO4Si3/c1-29(2,3)27-31(6,7)28-30(4,5)19-15-11-9-8-10-14-18-24-22(25)20-16-12-13-17-21(20)23(24)26/h12-13,16-17H,8-11,14-15,18-19H2,1-7H3. The maximum atomic E-state index is 12.4. The van der Waals surface area contributed by atoms with Gasteiger partial charge in [-0.15, -0.1) is 0 Å². The molecule has 0 spiro atoms. The second kappa shape index (κ2) is 10.7. The molecule has 0 aromatic heterocycles. The van der Waals surface area contributed by atoms with Gasteiger partial charge in [-0.05, 0) is 70.4 Å². The smallest absolute Gasteiger partial charge is 0.311 e. The summed E-state index contributed by atoms with van der Waals surface area (Å²) in [7, 11) is -5.32. The number of amides is 2. The molecule has 2 rings (SSSR count).